The summed E-state index contributed by atoms with van der Waals surface area (Å²) >= 11 is 0. The van der Waals surface area contributed by atoms with Gasteiger partial charge in [-0.25, -0.2) is 0 Å². The van der Waals surface area contributed by atoms with Crippen molar-refractivity contribution in [2.75, 3.05) is 6.61 Å². The quantitative estimate of drug-likeness (QED) is 0.284. The largest absolute Gasteiger partial charge is 0.457 e. The Balaban J connectivity index is 1.88. The van der Waals surface area contributed by atoms with E-state index in [2.05, 4.69) is 10.0 Å². The van der Waals surface area contributed by atoms with E-state index in [1.165, 1.54) is 6.92 Å². The number of esters is 1. The Morgan fingerprint density at radius 1 is 1.00 bits per heavy atom. The first-order valence-electron chi connectivity index (χ1n) is 9.91. The van der Waals surface area contributed by atoms with Crippen LogP contribution in [-0.2, 0) is 37.0 Å². The highest BCUT2D eigenvalue weighted by molar-refractivity contribution is 5.66. The summed E-state index contributed by atoms with van der Waals surface area (Å²) in [5, 5.41) is 13.5. The van der Waals surface area contributed by atoms with Gasteiger partial charge in [-0.1, -0.05) is 65.8 Å². The lowest BCUT2D eigenvalue weighted by molar-refractivity contribution is -0.261. The van der Waals surface area contributed by atoms with Gasteiger partial charge in [0.2, 0.25) is 0 Å². The second-order valence-corrected chi connectivity index (χ2v) is 7.05. The number of hydrogen-bond donors (Lipinski definition) is 1. The van der Waals surface area contributed by atoms with Gasteiger partial charge in [0.15, 0.2) is 12.3 Å². The predicted molar refractivity (Wildman–Crippen MR) is 110 cm³/mol. The average Bonchev–Trinajstić information content (AvgIpc) is 2.79. The van der Waals surface area contributed by atoms with Crippen molar-refractivity contribution in [2.45, 2.75) is 50.8 Å². The zero-order valence-corrected chi connectivity index (χ0v) is 17.1. The molecule has 2 aromatic rings. The maximum absolute atomic E-state index is 11.7. The Hall–Kier alpha value is -2.94. The van der Waals surface area contributed by atoms with Crippen LogP contribution in [0.2, 0.25) is 0 Å². The zero-order valence-electron chi connectivity index (χ0n) is 17.1. The van der Waals surface area contributed by atoms with Crippen molar-refractivity contribution < 1.29 is 28.8 Å². The van der Waals surface area contributed by atoms with Crippen LogP contribution >= 0.6 is 0 Å². The van der Waals surface area contributed by atoms with Gasteiger partial charge < -0.3 is 24.1 Å². The van der Waals surface area contributed by atoms with Crippen molar-refractivity contribution in [2.24, 2.45) is 5.11 Å². The molecule has 0 aliphatic carbocycles. The predicted octanol–water partition coefficient (Wildman–Crippen LogP) is 3.12. The number of rotatable bonds is 9. The molecule has 0 amide bonds. The van der Waals surface area contributed by atoms with Gasteiger partial charge in [0.25, 0.3) is 0 Å². The van der Waals surface area contributed by atoms with Gasteiger partial charge in [0.1, 0.15) is 18.3 Å². The average molecular weight is 427 g/mol. The fraction of sp³-hybridized carbons (Fsp3) is 0.409. The summed E-state index contributed by atoms with van der Waals surface area (Å²) in [6.07, 6.45) is -4.66. The summed E-state index contributed by atoms with van der Waals surface area (Å²) in [7, 11) is 0. The number of azide groups is 1. The third kappa shape index (κ3) is 6.27. The van der Waals surface area contributed by atoms with Gasteiger partial charge in [-0.3, -0.25) is 4.79 Å². The van der Waals surface area contributed by atoms with E-state index in [1.54, 1.807) is 0 Å². The standard InChI is InChI=1S/C22H25N3O6/c1-15(27)30-19-18(12-26)31-22(24-25-23)21(29-14-17-10-6-3-7-11-17)20(19)28-13-16-8-4-2-5-9-16/h2-11,18-22,26H,12-14H2,1H3/t18-,19-,20+,21-,22?/m1/s1. The summed E-state index contributed by atoms with van der Waals surface area (Å²) in [6.45, 7) is 1.22. The maximum Gasteiger partial charge on any atom is 0.303 e. The minimum Gasteiger partial charge on any atom is -0.457 e. The molecule has 0 bridgehead atoms. The summed E-state index contributed by atoms with van der Waals surface area (Å²) in [4.78, 5) is 14.6. The number of aliphatic hydroxyl groups is 1. The van der Waals surface area contributed by atoms with Gasteiger partial charge in [-0.15, -0.1) is 0 Å². The number of aliphatic hydroxyl groups excluding tert-OH is 1. The molecule has 0 saturated carbocycles. The van der Waals surface area contributed by atoms with Crippen LogP contribution in [0.4, 0.5) is 0 Å². The smallest absolute Gasteiger partial charge is 0.303 e. The Labute approximate surface area is 180 Å². The van der Waals surface area contributed by atoms with Crippen LogP contribution in [0.3, 0.4) is 0 Å². The first kappa shape index (κ1) is 22.7. The van der Waals surface area contributed by atoms with E-state index in [-0.39, 0.29) is 13.2 Å². The molecule has 1 heterocycles. The molecule has 0 radical (unpaired) electrons. The summed E-state index contributed by atoms with van der Waals surface area (Å²) in [6, 6.07) is 18.9. The number of hydrogen-bond acceptors (Lipinski definition) is 7. The van der Waals surface area contributed by atoms with Crippen LogP contribution in [0, 0.1) is 0 Å². The van der Waals surface area contributed by atoms with E-state index in [4.69, 9.17) is 24.5 Å². The highest BCUT2D eigenvalue weighted by atomic mass is 16.6. The summed E-state index contributed by atoms with van der Waals surface area (Å²) < 4.78 is 23.3. The Kier molecular flexibility index (Phi) is 8.40. The monoisotopic (exact) mass is 427 g/mol. The summed E-state index contributed by atoms with van der Waals surface area (Å²) in [5.41, 5.74) is 10.8. The zero-order chi connectivity index (χ0) is 22.1. The molecule has 2 aromatic carbocycles. The van der Waals surface area contributed by atoms with E-state index in [0.717, 1.165) is 11.1 Å². The number of carbonyl (C=O) groups excluding carboxylic acids is 1. The molecule has 5 atom stereocenters. The lowest BCUT2D eigenvalue weighted by Crippen LogP contribution is -2.60. The van der Waals surface area contributed by atoms with E-state index >= 15 is 0 Å². The first-order chi connectivity index (χ1) is 15.1. The number of benzene rings is 2. The lowest BCUT2D eigenvalue weighted by atomic mass is 9.97. The molecule has 31 heavy (non-hydrogen) atoms. The van der Waals surface area contributed by atoms with Crippen LogP contribution in [0.25, 0.3) is 10.4 Å². The molecule has 164 valence electrons. The molecule has 3 rings (SSSR count). The van der Waals surface area contributed by atoms with Gasteiger partial charge in [0, 0.05) is 11.8 Å². The van der Waals surface area contributed by atoms with E-state index < -0.39 is 43.2 Å². The second kappa shape index (κ2) is 11.5. The van der Waals surface area contributed by atoms with Crippen molar-refractivity contribution >= 4 is 5.97 Å². The minimum atomic E-state index is -1.07. The molecule has 1 aliphatic rings. The fourth-order valence-corrected chi connectivity index (χ4v) is 3.42. The normalized spacial score (nSPS) is 25.4. The molecular weight excluding hydrogens is 402 g/mol. The molecule has 0 aromatic heterocycles. The minimum absolute atomic E-state index is 0.202. The molecule has 1 saturated heterocycles. The van der Waals surface area contributed by atoms with Crippen molar-refractivity contribution in [3.05, 3.63) is 82.2 Å². The first-order valence-corrected chi connectivity index (χ1v) is 9.91. The molecule has 9 heteroatoms. The van der Waals surface area contributed by atoms with Crippen LogP contribution in [0.1, 0.15) is 18.1 Å². The van der Waals surface area contributed by atoms with Crippen molar-refractivity contribution in [3.8, 4) is 0 Å². The van der Waals surface area contributed by atoms with Crippen LogP contribution < -0.4 is 0 Å². The number of carbonyl (C=O) groups is 1. The van der Waals surface area contributed by atoms with Gasteiger partial charge >= 0.3 is 5.97 Å². The van der Waals surface area contributed by atoms with Gasteiger partial charge in [0.05, 0.1) is 19.8 Å². The molecule has 0 spiro atoms. The van der Waals surface area contributed by atoms with Crippen LogP contribution in [-0.4, -0.2) is 48.3 Å². The Bertz CT molecular complexity index is 875. The van der Waals surface area contributed by atoms with Gasteiger partial charge in [-0.05, 0) is 16.7 Å². The fourth-order valence-electron chi connectivity index (χ4n) is 3.42. The van der Waals surface area contributed by atoms with E-state index in [1.807, 2.05) is 60.7 Å². The highest BCUT2D eigenvalue weighted by Crippen LogP contribution is 2.30. The molecule has 1 N–H and O–H groups in total. The van der Waals surface area contributed by atoms with Crippen molar-refractivity contribution in [1.29, 1.82) is 0 Å². The number of ether oxygens (including phenoxy) is 4. The van der Waals surface area contributed by atoms with Gasteiger partial charge in [-0.2, -0.15) is 0 Å². The Morgan fingerprint density at radius 2 is 1.55 bits per heavy atom. The Morgan fingerprint density at radius 3 is 2.03 bits per heavy atom. The molecule has 1 unspecified atom stereocenters. The SMILES string of the molecule is CC(=O)O[C@H]1[C@H](OCc2ccccc2)[C@@H](OCc2ccccc2)C(N=[N+]=[N-])O[C@@H]1CO. The molecule has 1 fully saturated rings. The molecule has 9 nitrogen and oxygen atoms in total. The van der Waals surface area contributed by atoms with E-state index in [9.17, 15) is 9.90 Å². The highest BCUT2D eigenvalue weighted by Gasteiger charge is 2.49. The summed E-state index contributed by atoms with van der Waals surface area (Å²) in [5.74, 6) is -0.551. The van der Waals surface area contributed by atoms with E-state index in [0.29, 0.717) is 0 Å². The van der Waals surface area contributed by atoms with Crippen molar-refractivity contribution in [1.82, 2.24) is 0 Å². The third-order valence-corrected chi connectivity index (χ3v) is 4.83. The molecular formula is C22H25N3O6. The van der Waals surface area contributed by atoms with Crippen molar-refractivity contribution in [3.63, 3.8) is 0 Å². The third-order valence-electron chi connectivity index (χ3n) is 4.83. The van der Waals surface area contributed by atoms with Crippen LogP contribution in [0.5, 0.6) is 0 Å². The lowest BCUT2D eigenvalue weighted by Gasteiger charge is -2.44. The molecule has 1 aliphatic heterocycles. The topological polar surface area (TPSA) is 123 Å². The van der Waals surface area contributed by atoms with Crippen LogP contribution in [0.15, 0.2) is 65.8 Å². The number of nitrogens with zero attached hydrogens (tertiary/aromatic N) is 3. The maximum atomic E-state index is 11.7. The second-order valence-electron chi connectivity index (χ2n) is 7.05.